The lowest BCUT2D eigenvalue weighted by Gasteiger charge is -2.24. The van der Waals surface area contributed by atoms with Crippen molar-refractivity contribution in [3.05, 3.63) is 23.5 Å². The van der Waals surface area contributed by atoms with E-state index in [9.17, 15) is 13.2 Å². The van der Waals surface area contributed by atoms with Crippen molar-refractivity contribution >= 4 is 26.8 Å². The SMILES string of the molecule is CC(C)c1cc(C(=O)N(C)[C@@H]2CCS(=O)(=O)C2)c2cnn(C(C)C)c2n1. The summed E-state index contributed by atoms with van der Waals surface area (Å²) in [6.45, 7) is 8.11. The molecule has 1 amide bonds. The Morgan fingerprint density at radius 3 is 2.54 bits per heavy atom. The zero-order valence-electron chi connectivity index (χ0n) is 15.9. The van der Waals surface area contributed by atoms with E-state index in [1.165, 1.54) is 0 Å². The predicted octanol–water partition coefficient (Wildman–Crippen LogP) is 2.39. The van der Waals surface area contributed by atoms with Crippen LogP contribution in [0.25, 0.3) is 11.0 Å². The molecule has 2 aromatic rings. The number of aromatic nitrogens is 3. The van der Waals surface area contributed by atoms with Crippen LogP contribution in [0.3, 0.4) is 0 Å². The number of carbonyl (C=O) groups is 1. The van der Waals surface area contributed by atoms with Gasteiger partial charge in [0.15, 0.2) is 15.5 Å². The zero-order chi connectivity index (χ0) is 19.2. The summed E-state index contributed by atoms with van der Waals surface area (Å²) in [5, 5.41) is 5.11. The molecular formula is C18H26N4O3S. The maximum Gasteiger partial charge on any atom is 0.254 e. The Morgan fingerprint density at radius 1 is 1.31 bits per heavy atom. The Morgan fingerprint density at radius 2 is 2.00 bits per heavy atom. The van der Waals surface area contributed by atoms with E-state index in [1.807, 2.05) is 38.4 Å². The van der Waals surface area contributed by atoms with Crippen LogP contribution < -0.4 is 0 Å². The van der Waals surface area contributed by atoms with E-state index < -0.39 is 9.84 Å². The molecule has 3 heterocycles. The van der Waals surface area contributed by atoms with Gasteiger partial charge in [0.2, 0.25) is 0 Å². The highest BCUT2D eigenvalue weighted by Crippen LogP contribution is 2.27. The summed E-state index contributed by atoms with van der Waals surface area (Å²) >= 11 is 0. The van der Waals surface area contributed by atoms with E-state index in [0.717, 1.165) is 5.69 Å². The summed E-state index contributed by atoms with van der Waals surface area (Å²) in [4.78, 5) is 19.5. The van der Waals surface area contributed by atoms with E-state index in [1.54, 1.807) is 18.1 Å². The first-order chi connectivity index (χ1) is 12.1. The predicted molar refractivity (Wildman–Crippen MR) is 101 cm³/mol. The van der Waals surface area contributed by atoms with E-state index >= 15 is 0 Å². The topological polar surface area (TPSA) is 85.2 Å². The van der Waals surface area contributed by atoms with E-state index in [0.29, 0.717) is 23.0 Å². The smallest absolute Gasteiger partial charge is 0.254 e. The van der Waals surface area contributed by atoms with Gasteiger partial charge in [-0.1, -0.05) is 13.8 Å². The molecule has 1 fully saturated rings. The Kier molecular flexibility index (Phi) is 4.81. The maximum absolute atomic E-state index is 13.2. The summed E-state index contributed by atoms with van der Waals surface area (Å²) in [5.74, 6) is 0.165. The first kappa shape index (κ1) is 18.8. The molecule has 1 atom stereocenters. The molecule has 0 spiro atoms. The number of rotatable bonds is 4. The molecule has 8 heteroatoms. The van der Waals surface area contributed by atoms with Crippen LogP contribution in [0.4, 0.5) is 0 Å². The van der Waals surface area contributed by atoms with Crippen molar-refractivity contribution < 1.29 is 13.2 Å². The molecule has 0 bridgehead atoms. The van der Waals surface area contributed by atoms with Crippen LogP contribution in [0.1, 0.15) is 62.1 Å². The van der Waals surface area contributed by atoms with Gasteiger partial charge >= 0.3 is 0 Å². The highest BCUT2D eigenvalue weighted by molar-refractivity contribution is 7.91. The van der Waals surface area contributed by atoms with Crippen LogP contribution in [0.2, 0.25) is 0 Å². The molecule has 0 radical (unpaired) electrons. The number of nitrogens with zero attached hydrogens (tertiary/aromatic N) is 4. The first-order valence-electron chi connectivity index (χ1n) is 8.96. The Balaban J connectivity index is 2.07. The largest absolute Gasteiger partial charge is 0.338 e. The van der Waals surface area contributed by atoms with Crippen LogP contribution in [0.15, 0.2) is 12.3 Å². The third kappa shape index (κ3) is 3.34. The van der Waals surface area contributed by atoms with Crippen molar-refractivity contribution in [2.24, 2.45) is 0 Å². The van der Waals surface area contributed by atoms with Crippen molar-refractivity contribution in [2.45, 2.75) is 52.1 Å². The quantitative estimate of drug-likeness (QED) is 0.815. The molecule has 2 aromatic heterocycles. The fourth-order valence-corrected chi connectivity index (χ4v) is 5.10. The summed E-state index contributed by atoms with van der Waals surface area (Å²) in [6, 6.07) is 1.67. The zero-order valence-corrected chi connectivity index (χ0v) is 16.7. The average Bonchev–Trinajstić information content (AvgIpc) is 3.15. The number of hydrogen-bond donors (Lipinski definition) is 0. The number of sulfone groups is 1. The molecule has 142 valence electrons. The minimum absolute atomic E-state index is 0.0335. The fraction of sp³-hybridized carbons (Fsp3) is 0.611. The average molecular weight is 378 g/mol. The lowest BCUT2D eigenvalue weighted by molar-refractivity contribution is 0.0749. The van der Waals surface area contributed by atoms with Gasteiger partial charge in [-0.05, 0) is 32.3 Å². The minimum atomic E-state index is -3.05. The van der Waals surface area contributed by atoms with Gasteiger partial charge in [0.25, 0.3) is 5.91 Å². The lowest BCUT2D eigenvalue weighted by atomic mass is 10.0. The number of hydrogen-bond acceptors (Lipinski definition) is 5. The standard InChI is InChI=1S/C18H26N4O3S/c1-11(2)16-8-14(15-9-19-22(12(3)4)17(15)20-16)18(23)21(5)13-6-7-26(24,25)10-13/h8-9,11-13H,6-7,10H2,1-5H3/t13-/m1/s1. The van der Waals surface area contributed by atoms with E-state index in [-0.39, 0.29) is 35.4 Å². The maximum atomic E-state index is 13.2. The molecule has 0 unspecified atom stereocenters. The lowest BCUT2D eigenvalue weighted by Crippen LogP contribution is -2.38. The van der Waals surface area contributed by atoms with E-state index in [2.05, 4.69) is 5.10 Å². The monoisotopic (exact) mass is 378 g/mol. The molecular weight excluding hydrogens is 352 g/mol. The van der Waals surface area contributed by atoms with Gasteiger partial charge in [0, 0.05) is 24.8 Å². The van der Waals surface area contributed by atoms with Crippen LogP contribution in [0, 0.1) is 0 Å². The highest BCUT2D eigenvalue weighted by atomic mass is 32.2. The Bertz CT molecular complexity index is 947. The van der Waals surface area contributed by atoms with Crippen LogP contribution in [-0.4, -0.2) is 58.6 Å². The molecule has 1 aliphatic heterocycles. The molecule has 1 aliphatic rings. The second-order valence-electron chi connectivity index (χ2n) is 7.64. The summed E-state index contributed by atoms with van der Waals surface area (Å²) in [5.41, 5.74) is 2.06. The van der Waals surface area contributed by atoms with Gasteiger partial charge in [0.1, 0.15) is 0 Å². The van der Waals surface area contributed by atoms with Crippen molar-refractivity contribution in [2.75, 3.05) is 18.6 Å². The number of pyridine rings is 1. The fourth-order valence-electron chi connectivity index (χ4n) is 3.32. The van der Waals surface area contributed by atoms with Gasteiger partial charge in [-0.3, -0.25) is 4.79 Å². The number of carbonyl (C=O) groups excluding carboxylic acids is 1. The minimum Gasteiger partial charge on any atom is -0.338 e. The molecule has 7 nitrogen and oxygen atoms in total. The van der Waals surface area contributed by atoms with E-state index in [4.69, 9.17) is 4.98 Å². The second kappa shape index (κ2) is 6.64. The van der Waals surface area contributed by atoms with Crippen LogP contribution >= 0.6 is 0 Å². The van der Waals surface area contributed by atoms with Gasteiger partial charge < -0.3 is 4.90 Å². The van der Waals surface area contributed by atoms with Gasteiger partial charge in [-0.2, -0.15) is 5.10 Å². The normalized spacial score (nSPS) is 19.6. The highest BCUT2D eigenvalue weighted by Gasteiger charge is 2.34. The third-order valence-electron chi connectivity index (χ3n) is 4.97. The summed E-state index contributed by atoms with van der Waals surface area (Å²) in [6.07, 6.45) is 2.17. The summed E-state index contributed by atoms with van der Waals surface area (Å²) in [7, 11) is -1.37. The molecule has 0 saturated carbocycles. The first-order valence-corrected chi connectivity index (χ1v) is 10.8. The van der Waals surface area contributed by atoms with Gasteiger partial charge in [0.05, 0.1) is 28.7 Å². The van der Waals surface area contributed by atoms with Gasteiger partial charge in [-0.25, -0.2) is 18.1 Å². The van der Waals surface area contributed by atoms with Crippen LogP contribution in [0.5, 0.6) is 0 Å². The molecule has 0 aliphatic carbocycles. The van der Waals surface area contributed by atoms with Crippen molar-refractivity contribution in [3.63, 3.8) is 0 Å². The van der Waals surface area contributed by atoms with Crippen LogP contribution in [-0.2, 0) is 9.84 Å². The van der Waals surface area contributed by atoms with Crippen molar-refractivity contribution in [1.82, 2.24) is 19.7 Å². The Labute approximate surface area is 154 Å². The third-order valence-corrected chi connectivity index (χ3v) is 6.72. The van der Waals surface area contributed by atoms with Crippen molar-refractivity contribution in [3.8, 4) is 0 Å². The Hall–Kier alpha value is -1.96. The van der Waals surface area contributed by atoms with Gasteiger partial charge in [-0.15, -0.1) is 0 Å². The summed E-state index contributed by atoms with van der Waals surface area (Å²) < 4.78 is 25.4. The number of amides is 1. The molecule has 26 heavy (non-hydrogen) atoms. The molecule has 3 rings (SSSR count). The van der Waals surface area contributed by atoms with Crippen molar-refractivity contribution in [1.29, 1.82) is 0 Å². The number of fused-ring (bicyclic) bond motifs is 1. The molecule has 1 saturated heterocycles. The molecule has 0 aromatic carbocycles. The second-order valence-corrected chi connectivity index (χ2v) is 9.87. The molecule has 0 N–H and O–H groups in total.